The maximum Gasteiger partial charge on any atom is 0.213 e. The van der Waals surface area contributed by atoms with E-state index in [4.69, 9.17) is 4.42 Å². The van der Waals surface area contributed by atoms with E-state index in [1.807, 2.05) is 7.05 Å². The summed E-state index contributed by atoms with van der Waals surface area (Å²) in [5.41, 5.74) is -0.0453. The third kappa shape index (κ3) is 4.06. The van der Waals surface area contributed by atoms with Gasteiger partial charge in [0.25, 0.3) is 0 Å². The number of hydrogen-bond acceptors (Lipinski definition) is 5. The van der Waals surface area contributed by atoms with Gasteiger partial charge in [0.1, 0.15) is 17.9 Å². The van der Waals surface area contributed by atoms with Gasteiger partial charge >= 0.3 is 0 Å². The van der Waals surface area contributed by atoms with Crippen LogP contribution in [0.1, 0.15) is 38.2 Å². The van der Waals surface area contributed by atoms with Crippen molar-refractivity contribution in [3.8, 4) is 0 Å². The summed E-state index contributed by atoms with van der Waals surface area (Å²) in [6.45, 7) is 7.27. The highest BCUT2D eigenvalue weighted by molar-refractivity contribution is 5.79. The van der Waals surface area contributed by atoms with Crippen molar-refractivity contribution in [2.24, 2.45) is 12.0 Å². The van der Waals surface area contributed by atoms with E-state index in [1.165, 1.54) is 6.33 Å². The van der Waals surface area contributed by atoms with Gasteiger partial charge in [0.05, 0.1) is 19.3 Å². The largest absolute Gasteiger partial charge is 0.443 e. The average Bonchev–Trinajstić information content (AvgIpc) is 3.08. The summed E-state index contributed by atoms with van der Waals surface area (Å²) < 4.78 is 7.44. The van der Waals surface area contributed by atoms with Gasteiger partial charge in [-0.05, 0) is 0 Å². The van der Waals surface area contributed by atoms with Crippen LogP contribution in [0.15, 0.2) is 21.9 Å². The van der Waals surface area contributed by atoms with Crippen LogP contribution in [0.3, 0.4) is 0 Å². The minimum atomic E-state index is -0.0453. The second-order valence-electron chi connectivity index (χ2n) is 5.95. The van der Waals surface area contributed by atoms with Crippen LogP contribution in [0.5, 0.6) is 0 Å². The van der Waals surface area contributed by atoms with Crippen molar-refractivity contribution in [2.75, 3.05) is 7.05 Å². The highest BCUT2D eigenvalue weighted by Crippen LogP contribution is 2.22. The summed E-state index contributed by atoms with van der Waals surface area (Å²) in [6.07, 6.45) is 3.29. The molecule has 22 heavy (non-hydrogen) atoms. The molecule has 0 aliphatic rings. The van der Waals surface area contributed by atoms with Crippen LogP contribution in [-0.2, 0) is 25.6 Å². The number of nitrogens with one attached hydrogen (secondary N) is 2. The first-order valence-corrected chi connectivity index (χ1v) is 7.12. The molecule has 2 aromatic heterocycles. The molecular weight excluding hydrogens is 282 g/mol. The molecule has 0 aromatic carbocycles. The third-order valence-electron chi connectivity index (χ3n) is 3.14. The Balaban J connectivity index is 1.86. The van der Waals surface area contributed by atoms with Gasteiger partial charge in [0.15, 0.2) is 5.96 Å². The summed E-state index contributed by atoms with van der Waals surface area (Å²) in [6, 6.07) is 0. The number of guanidine groups is 1. The number of oxazole rings is 1. The monoisotopic (exact) mass is 305 g/mol. The van der Waals surface area contributed by atoms with E-state index in [0.29, 0.717) is 24.9 Å². The van der Waals surface area contributed by atoms with Crippen molar-refractivity contribution in [3.05, 3.63) is 30.0 Å². The SMILES string of the molecule is CN=C(NCc1ncc(C(C)(C)C)o1)NCc1ncnn1C. The first kappa shape index (κ1) is 16.0. The molecular formula is C14H23N7O. The quantitative estimate of drug-likeness (QED) is 0.646. The Kier molecular flexibility index (Phi) is 4.79. The van der Waals surface area contributed by atoms with Gasteiger partial charge in [-0.3, -0.25) is 9.67 Å². The van der Waals surface area contributed by atoms with Gasteiger partial charge in [-0.15, -0.1) is 0 Å². The van der Waals surface area contributed by atoms with Crippen molar-refractivity contribution >= 4 is 5.96 Å². The molecule has 2 rings (SSSR count). The smallest absolute Gasteiger partial charge is 0.213 e. The van der Waals surface area contributed by atoms with Crippen LogP contribution in [0.25, 0.3) is 0 Å². The molecule has 0 saturated heterocycles. The summed E-state index contributed by atoms with van der Waals surface area (Å²) in [4.78, 5) is 12.6. The fourth-order valence-corrected chi connectivity index (χ4v) is 1.76. The molecule has 8 nitrogen and oxygen atoms in total. The molecule has 0 fully saturated rings. The molecule has 2 N–H and O–H groups in total. The maximum absolute atomic E-state index is 5.73. The molecule has 2 aromatic rings. The van der Waals surface area contributed by atoms with Crippen molar-refractivity contribution in [3.63, 3.8) is 0 Å². The minimum absolute atomic E-state index is 0.0453. The number of hydrogen-bond donors (Lipinski definition) is 2. The zero-order chi connectivity index (χ0) is 16.2. The zero-order valence-corrected chi connectivity index (χ0v) is 13.7. The molecule has 0 amide bonds. The Morgan fingerprint density at radius 1 is 1.27 bits per heavy atom. The fourth-order valence-electron chi connectivity index (χ4n) is 1.76. The summed E-state index contributed by atoms with van der Waals surface area (Å²) in [5, 5.41) is 10.3. The van der Waals surface area contributed by atoms with E-state index in [2.05, 4.69) is 51.5 Å². The van der Waals surface area contributed by atoms with Crippen LogP contribution in [0, 0.1) is 0 Å². The molecule has 0 aliphatic heterocycles. The first-order chi connectivity index (χ1) is 10.4. The lowest BCUT2D eigenvalue weighted by Crippen LogP contribution is -2.37. The van der Waals surface area contributed by atoms with Crippen molar-refractivity contribution in [1.82, 2.24) is 30.4 Å². The number of rotatable bonds is 4. The number of aryl methyl sites for hydroxylation is 1. The van der Waals surface area contributed by atoms with Gasteiger partial charge in [-0.1, -0.05) is 20.8 Å². The Morgan fingerprint density at radius 2 is 2.00 bits per heavy atom. The number of aromatic nitrogens is 4. The Bertz CT molecular complexity index is 636. The summed E-state index contributed by atoms with van der Waals surface area (Å²) in [7, 11) is 3.56. The third-order valence-corrected chi connectivity index (χ3v) is 3.14. The molecule has 2 heterocycles. The topological polar surface area (TPSA) is 93.2 Å². The number of aliphatic imine (C=N–C) groups is 1. The molecule has 0 saturated carbocycles. The molecule has 0 atom stereocenters. The second kappa shape index (κ2) is 6.59. The fraction of sp³-hybridized carbons (Fsp3) is 0.571. The molecule has 0 unspecified atom stereocenters. The summed E-state index contributed by atoms with van der Waals surface area (Å²) >= 11 is 0. The predicted molar refractivity (Wildman–Crippen MR) is 83.2 cm³/mol. The van der Waals surface area contributed by atoms with Crippen LogP contribution < -0.4 is 10.6 Å². The van der Waals surface area contributed by atoms with E-state index in [1.54, 1.807) is 17.9 Å². The lowest BCUT2D eigenvalue weighted by atomic mass is 9.94. The van der Waals surface area contributed by atoms with Crippen LogP contribution >= 0.6 is 0 Å². The molecule has 0 aliphatic carbocycles. The number of nitrogens with zero attached hydrogens (tertiary/aromatic N) is 5. The highest BCUT2D eigenvalue weighted by atomic mass is 16.4. The average molecular weight is 305 g/mol. The van der Waals surface area contributed by atoms with E-state index < -0.39 is 0 Å². The van der Waals surface area contributed by atoms with Gasteiger partial charge in [0, 0.05) is 19.5 Å². The Morgan fingerprint density at radius 3 is 2.55 bits per heavy atom. The van der Waals surface area contributed by atoms with E-state index in [0.717, 1.165) is 11.6 Å². The molecule has 0 spiro atoms. The van der Waals surface area contributed by atoms with Gasteiger partial charge in [0.2, 0.25) is 5.89 Å². The molecule has 8 heteroatoms. The normalized spacial score (nSPS) is 12.5. The molecule has 0 bridgehead atoms. The zero-order valence-electron chi connectivity index (χ0n) is 13.7. The Hall–Kier alpha value is -2.38. The Labute approximate surface area is 130 Å². The van der Waals surface area contributed by atoms with Crippen LogP contribution in [-0.4, -0.2) is 32.8 Å². The van der Waals surface area contributed by atoms with Crippen molar-refractivity contribution < 1.29 is 4.42 Å². The van der Waals surface area contributed by atoms with E-state index in [-0.39, 0.29) is 5.41 Å². The molecule has 120 valence electrons. The second-order valence-corrected chi connectivity index (χ2v) is 5.95. The maximum atomic E-state index is 5.73. The molecule has 0 radical (unpaired) electrons. The minimum Gasteiger partial charge on any atom is -0.443 e. The lowest BCUT2D eigenvalue weighted by Gasteiger charge is -2.13. The first-order valence-electron chi connectivity index (χ1n) is 7.12. The lowest BCUT2D eigenvalue weighted by molar-refractivity contribution is 0.379. The van der Waals surface area contributed by atoms with Gasteiger partial charge < -0.3 is 15.1 Å². The standard InChI is InChI=1S/C14H23N7O/c1-14(2,3)10-6-16-12(22-10)8-18-13(15-4)17-7-11-19-9-20-21(11)5/h6,9H,7-8H2,1-5H3,(H2,15,17,18). The van der Waals surface area contributed by atoms with Gasteiger partial charge in [-0.2, -0.15) is 5.10 Å². The summed E-state index contributed by atoms with van der Waals surface area (Å²) in [5.74, 6) is 2.98. The van der Waals surface area contributed by atoms with Crippen LogP contribution in [0.4, 0.5) is 0 Å². The van der Waals surface area contributed by atoms with Crippen molar-refractivity contribution in [1.29, 1.82) is 0 Å². The van der Waals surface area contributed by atoms with E-state index >= 15 is 0 Å². The highest BCUT2D eigenvalue weighted by Gasteiger charge is 2.19. The van der Waals surface area contributed by atoms with Gasteiger partial charge in [-0.25, -0.2) is 9.97 Å². The van der Waals surface area contributed by atoms with E-state index in [9.17, 15) is 0 Å². The van der Waals surface area contributed by atoms with Crippen molar-refractivity contribution in [2.45, 2.75) is 39.3 Å². The predicted octanol–water partition coefficient (Wildman–Crippen LogP) is 0.966. The van der Waals surface area contributed by atoms with Crippen LogP contribution in [0.2, 0.25) is 0 Å².